The molecule has 1 atom stereocenters. The number of aliphatic hydroxyl groups excluding tert-OH is 1. The Kier molecular flexibility index (Phi) is 6.92. The van der Waals surface area contributed by atoms with Crippen molar-refractivity contribution in [3.8, 4) is 5.75 Å². The molecule has 1 aliphatic heterocycles. The SMILES string of the molecule is C=CCOc1ccc([C@@H]2C(=C(O)c3ccc(C)cc3)C(=O)C(=O)N2CCCn2ccnc2)cc1. The number of benzene rings is 2. The van der Waals surface area contributed by atoms with Gasteiger partial charge in [0.2, 0.25) is 0 Å². The third-order valence-corrected chi connectivity index (χ3v) is 5.80. The fraction of sp³-hybridized carbons (Fsp3) is 0.222. The van der Waals surface area contributed by atoms with Gasteiger partial charge in [0.25, 0.3) is 11.7 Å². The number of ketones is 1. The molecule has 0 radical (unpaired) electrons. The Labute approximate surface area is 198 Å². The van der Waals surface area contributed by atoms with Crippen molar-refractivity contribution in [1.82, 2.24) is 14.5 Å². The molecule has 1 aromatic heterocycles. The van der Waals surface area contributed by atoms with Crippen LogP contribution in [-0.4, -0.2) is 44.4 Å². The molecule has 0 bridgehead atoms. The first kappa shape index (κ1) is 23.0. The van der Waals surface area contributed by atoms with Crippen molar-refractivity contribution in [3.05, 3.63) is 102 Å². The van der Waals surface area contributed by atoms with Crippen LogP contribution in [-0.2, 0) is 16.1 Å². The summed E-state index contributed by atoms with van der Waals surface area (Å²) in [4.78, 5) is 31.8. The quantitative estimate of drug-likeness (QED) is 0.225. The van der Waals surface area contributed by atoms with Crippen molar-refractivity contribution in [2.45, 2.75) is 25.9 Å². The molecule has 3 aromatic rings. The van der Waals surface area contributed by atoms with Gasteiger partial charge in [0.05, 0.1) is 17.9 Å². The van der Waals surface area contributed by atoms with Crippen molar-refractivity contribution in [2.24, 2.45) is 0 Å². The van der Waals surface area contributed by atoms with E-state index in [0.29, 0.717) is 37.4 Å². The van der Waals surface area contributed by atoms with E-state index in [4.69, 9.17) is 4.74 Å². The van der Waals surface area contributed by atoms with Crippen molar-refractivity contribution >= 4 is 17.4 Å². The van der Waals surface area contributed by atoms with E-state index < -0.39 is 17.7 Å². The number of nitrogens with zero attached hydrogens (tertiary/aromatic N) is 3. The Morgan fingerprint density at radius 1 is 1.12 bits per heavy atom. The smallest absolute Gasteiger partial charge is 0.295 e. The molecular weight excluding hydrogens is 430 g/mol. The lowest BCUT2D eigenvalue weighted by Gasteiger charge is -2.25. The van der Waals surface area contributed by atoms with Gasteiger partial charge in [0.15, 0.2) is 0 Å². The Morgan fingerprint density at radius 3 is 2.50 bits per heavy atom. The largest absolute Gasteiger partial charge is 0.507 e. The Bertz CT molecular complexity index is 1200. The van der Waals surface area contributed by atoms with Gasteiger partial charge in [-0.05, 0) is 31.0 Å². The highest BCUT2D eigenvalue weighted by atomic mass is 16.5. The first-order valence-electron chi connectivity index (χ1n) is 11.1. The molecule has 4 rings (SSSR count). The van der Waals surface area contributed by atoms with Crippen LogP contribution in [0, 0.1) is 6.92 Å². The number of ether oxygens (including phenoxy) is 1. The van der Waals surface area contributed by atoms with E-state index in [0.717, 1.165) is 11.1 Å². The van der Waals surface area contributed by atoms with Gasteiger partial charge in [-0.15, -0.1) is 0 Å². The number of Topliss-reactive ketones (excluding diaryl/α,β-unsaturated/α-hetero) is 1. The number of likely N-dealkylation sites (tertiary alicyclic amines) is 1. The van der Waals surface area contributed by atoms with Crippen LogP contribution in [0.4, 0.5) is 0 Å². The summed E-state index contributed by atoms with van der Waals surface area (Å²) in [5, 5.41) is 11.1. The van der Waals surface area contributed by atoms with Crippen LogP contribution in [0.25, 0.3) is 5.76 Å². The standard InChI is InChI=1S/C27H27N3O4/c1-3-17-34-22-11-9-20(10-12-22)24-23(25(31)21-7-5-19(2)6-8-21)26(32)27(33)30(24)15-4-14-29-16-13-28-18-29/h3,5-13,16,18,24,31H,1,4,14-15,17H2,2H3/t24-/m1/s1. The predicted molar refractivity (Wildman–Crippen MR) is 129 cm³/mol. The number of aryl methyl sites for hydroxylation is 2. The Balaban J connectivity index is 1.70. The zero-order valence-electron chi connectivity index (χ0n) is 19.1. The summed E-state index contributed by atoms with van der Waals surface area (Å²) in [6, 6.07) is 13.7. The maximum atomic E-state index is 13.1. The van der Waals surface area contributed by atoms with E-state index in [1.165, 1.54) is 0 Å². The highest BCUT2D eigenvalue weighted by Crippen LogP contribution is 2.40. The molecule has 2 heterocycles. The fourth-order valence-electron chi connectivity index (χ4n) is 4.07. The molecule has 0 saturated carbocycles. The van der Waals surface area contributed by atoms with E-state index in [1.54, 1.807) is 47.8 Å². The third-order valence-electron chi connectivity index (χ3n) is 5.80. The summed E-state index contributed by atoms with van der Waals surface area (Å²) in [6.45, 7) is 6.97. The van der Waals surface area contributed by atoms with Crippen LogP contribution in [0.1, 0.15) is 29.2 Å². The second-order valence-corrected chi connectivity index (χ2v) is 8.18. The molecule has 1 aliphatic rings. The maximum Gasteiger partial charge on any atom is 0.295 e. The molecule has 7 nitrogen and oxygen atoms in total. The van der Waals surface area contributed by atoms with Gasteiger partial charge in [-0.1, -0.05) is 54.6 Å². The zero-order valence-corrected chi connectivity index (χ0v) is 19.1. The van der Waals surface area contributed by atoms with Gasteiger partial charge >= 0.3 is 0 Å². The van der Waals surface area contributed by atoms with Crippen molar-refractivity contribution in [3.63, 3.8) is 0 Å². The Hall–Kier alpha value is -4.13. The van der Waals surface area contributed by atoms with Crippen molar-refractivity contribution < 1.29 is 19.4 Å². The molecule has 34 heavy (non-hydrogen) atoms. The molecule has 2 aromatic carbocycles. The van der Waals surface area contributed by atoms with Crippen LogP contribution in [0.2, 0.25) is 0 Å². The Morgan fingerprint density at radius 2 is 1.85 bits per heavy atom. The molecule has 7 heteroatoms. The van der Waals surface area contributed by atoms with Crippen LogP contribution >= 0.6 is 0 Å². The fourth-order valence-corrected chi connectivity index (χ4v) is 4.07. The van der Waals surface area contributed by atoms with Crippen LogP contribution in [0.15, 0.2) is 85.5 Å². The number of carbonyl (C=O) groups excluding carboxylic acids is 2. The topological polar surface area (TPSA) is 84.7 Å². The van der Waals surface area contributed by atoms with Crippen LogP contribution in [0.3, 0.4) is 0 Å². The monoisotopic (exact) mass is 457 g/mol. The van der Waals surface area contributed by atoms with Gasteiger partial charge in [-0.2, -0.15) is 0 Å². The first-order valence-corrected chi connectivity index (χ1v) is 11.1. The number of aliphatic hydroxyl groups is 1. The van der Waals surface area contributed by atoms with E-state index in [2.05, 4.69) is 11.6 Å². The van der Waals surface area contributed by atoms with E-state index in [1.807, 2.05) is 42.0 Å². The number of carbonyl (C=O) groups is 2. The van der Waals surface area contributed by atoms with Gasteiger partial charge in [-0.3, -0.25) is 9.59 Å². The van der Waals surface area contributed by atoms with Gasteiger partial charge in [0, 0.05) is 31.0 Å². The lowest BCUT2D eigenvalue weighted by atomic mass is 9.95. The highest BCUT2D eigenvalue weighted by molar-refractivity contribution is 6.46. The lowest BCUT2D eigenvalue weighted by Crippen LogP contribution is -2.31. The average molecular weight is 458 g/mol. The minimum absolute atomic E-state index is 0.0937. The lowest BCUT2D eigenvalue weighted by molar-refractivity contribution is -0.139. The summed E-state index contributed by atoms with van der Waals surface area (Å²) in [7, 11) is 0. The normalized spacial score (nSPS) is 17.2. The maximum absolute atomic E-state index is 13.1. The summed E-state index contributed by atoms with van der Waals surface area (Å²) in [5.41, 5.74) is 2.35. The zero-order chi connectivity index (χ0) is 24.1. The summed E-state index contributed by atoms with van der Waals surface area (Å²) in [5.74, 6) is -0.819. The highest BCUT2D eigenvalue weighted by Gasteiger charge is 2.45. The number of amides is 1. The second kappa shape index (κ2) is 10.2. The minimum atomic E-state index is -0.697. The summed E-state index contributed by atoms with van der Waals surface area (Å²) in [6.07, 6.45) is 7.55. The molecule has 0 aliphatic carbocycles. The molecule has 0 spiro atoms. The van der Waals surface area contributed by atoms with E-state index in [-0.39, 0.29) is 11.3 Å². The molecule has 0 unspecified atom stereocenters. The van der Waals surface area contributed by atoms with Gasteiger partial charge in [0.1, 0.15) is 18.1 Å². The number of aromatic nitrogens is 2. The van der Waals surface area contributed by atoms with Crippen molar-refractivity contribution in [2.75, 3.05) is 13.2 Å². The second-order valence-electron chi connectivity index (χ2n) is 8.18. The van der Waals surface area contributed by atoms with Crippen LogP contribution in [0.5, 0.6) is 5.75 Å². The molecular formula is C27H27N3O4. The molecule has 1 N–H and O–H groups in total. The molecule has 174 valence electrons. The third kappa shape index (κ3) is 4.78. The predicted octanol–water partition coefficient (Wildman–Crippen LogP) is 4.27. The van der Waals surface area contributed by atoms with E-state index >= 15 is 0 Å². The first-order chi connectivity index (χ1) is 16.5. The van der Waals surface area contributed by atoms with Crippen molar-refractivity contribution in [1.29, 1.82) is 0 Å². The molecule has 1 fully saturated rings. The number of imidazole rings is 1. The number of rotatable bonds is 9. The molecule has 1 saturated heterocycles. The average Bonchev–Trinajstić information content (AvgIpc) is 3.45. The number of hydrogen-bond donors (Lipinski definition) is 1. The summed E-state index contributed by atoms with van der Waals surface area (Å²) < 4.78 is 7.49. The van der Waals surface area contributed by atoms with Gasteiger partial charge < -0.3 is 19.3 Å². The number of hydrogen-bond acceptors (Lipinski definition) is 5. The molecule has 1 amide bonds. The van der Waals surface area contributed by atoms with E-state index in [9.17, 15) is 14.7 Å². The summed E-state index contributed by atoms with van der Waals surface area (Å²) >= 11 is 0. The minimum Gasteiger partial charge on any atom is -0.507 e. The van der Waals surface area contributed by atoms with Gasteiger partial charge in [-0.25, -0.2) is 4.98 Å². The van der Waals surface area contributed by atoms with Crippen LogP contribution < -0.4 is 4.74 Å².